The Balaban J connectivity index is 3.59. The molecule has 0 aliphatic carbocycles. The lowest BCUT2D eigenvalue weighted by Crippen LogP contribution is -2.19. The van der Waals surface area contributed by atoms with Gasteiger partial charge in [-0.05, 0) is 6.42 Å². The van der Waals surface area contributed by atoms with Crippen LogP contribution in [0.15, 0.2) is 0 Å². The van der Waals surface area contributed by atoms with E-state index in [2.05, 4.69) is 0 Å². The summed E-state index contributed by atoms with van der Waals surface area (Å²) in [4.78, 5) is 0. The number of alkyl halides is 4. The summed E-state index contributed by atoms with van der Waals surface area (Å²) in [5.41, 5.74) is 0. The SMILES string of the molecule is C[C@H](CCI)C(F)(F)F. The van der Waals surface area contributed by atoms with Crippen molar-refractivity contribution in [2.75, 3.05) is 4.43 Å². The Bertz CT molecular complexity index is 78.8. The van der Waals surface area contributed by atoms with E-state index < -0.39 is 12.1 Å². The minimum atomic E-state index is -3.99. The first-order valence-electron chi connectivity index (χ1n) is 2.61. The molecule has 0 aromatic heterocycles. The lowest BCUT2D eigenvalue weighted by Gasteiger charge is -2.12. The maximum Gasteiger partial charge on any atom is 0.391 e. The van der Waals surface area contributed by atoms with E-state index in [1.807, 2.05) is 22.6 Å². The van der Waals surface area contributed by atoms with Crippen molar-refractivity contribution < 1.29 is 13.2 Å². The maximum atomic E-state index is 11.6. The molecule has 0 radical (unpaired) electrons. The third-order valence-corrected chi connectivity index (χ3v) is 1.72. The molecule has 0 aromatic carbocycles. The largest absolute Gasteiger partial charge is 0.391 e. The summed E-state index contributed by atoms with van der Waals surface area (Å²) < 4.78 is 35.5. The molecule has 0 amide bonds. The summed E-state index contributed by atoms with van der Waals surface area (Å²) in [6, 6.07) is 0. The monoisotopic (exact) mass is 252 g/mol. The van der Waals surface area contributed by atoms with Gasteiger partial charge < -0.3 is 0 Å². The van der Waals surface area contributed by atoms with E-state index in [0.29, 0.717) is 4.43 Å². The van der Waals surface area contributed by atoms with Gasteiger partial charge in [-0.1, -0.05) is 29.5 Å². The first-order valence-corrected chi connectivity index (χ1v) is 4.13. The van der Waals surface area contributed by atoms with Crippen molar-refractivity contribution in [1.29, 1.82) is 0 Å². The summed E-state index contributed by atoms with van der Waals surface area (Å²) in [5, 5.41) is 0. The van der Waals surface area contributed by atoms with Crippen molar-refractivity contribution >= 4 is 22.6 Å². The molecule has 0 bridgehead atoms. The van der Waals surface area contributed by atoms with Crippen molar-refractivity contribution in [2.24, 2.45) is 5.92 Å². The van der Waals surface area contributed by atoms with Gasteiger partial charge in [0.1, 0.15) is 0 Å². The van der Waals surface area contributed by atoms with E-state index in [1.165, 1.54) is 6.92 Å². The molecule has 1 atom stereocenters. The molecule has 56 valence electrons. The smallest absolute Gasteiger partial charge is 0.171 e. The van der Waals surface area contributed by atoms with Gasteiger partial charge in [0.25, 0.3) is 0 Å². The topological polar surface area (TPSA) is 0 Å². The maximum absolute atomic E-state index is 11.6. The summed E-state index contributed by atoms with van der Waals surface area (Å²) in [6.07, 6.45) is -3.77. The third kappa shape index (κ3) is 4.00. The zero-order chi connectivity index (χ0) is 7.49. The molecular formula is C5H8F3I. The lowest BCUT2D eigenvalue weighted by atomic mass is 10.1. The fourth-order valence-corrected chi connectivity index (χ4v) is 1.26. The van der Waals surface area contributed by atoms with Crippen LogP contribution in [0.2, 0.25) is 0 Å². The zero-order valence-corrected chi connectivity index (χ0v) is 7.16. The van der Waals surface area contributed by atoms with E-state index in [1.54, 1.807) is 0 Å². The highest BCUT2D eigenvalue weighted by atomic mass is 127. The highest BCUT2D eigenvalue weighted by Gasteiger charge is 2.34. The Kier molecular flexibility index (Phi) is 3.84. The van der Waals surface area contributed by atoms with Crippen molar-refractivity contribution in [1.82, 2.24) is 0 Å². The highest BCUT2D eigenvalue weighted by molar-refractivity contribution is 14.1. The predicted octanol–water partition coefficient (Wildman–Crippen LogP) is 3.01. The van der Waals surface area contributed by atoms with Gasteiger partial charge in [0, 0.05) is 4.43 Å². The summed E-state index contributed by atoms with van der Waals surface area (Å²) in [7, 11) is 0. The number of hydrogen-bond donors (Lipinski definition) is 0. The van der Waals surface area contributed by atoms with Crippen molar-refractivity contribution in [3.05, 3.63) is 0 Å². The van der Waals surface area contributed by atoms with Gasteiger partial charge in [-0.25, -0.2) is 0 Å². The number of halogens is 4. The van der Waals surface area contributed by atoms with Gasteiger partial charge in [-0.2, -0.15) is 13.2 Å². The second-order valence-electron chi connectivity index (χ2n) is 1.92. The van der Waals surface area contributed by atoms with Crippen LogP contribution in [0.4, 0.5) is 13.2 Å². The molecule has 0 nitrogen and oxygen atoms in total. The van der Waals surface area contributed by atoms with E-state index in [0.717, 1.165) is 0 Å². The normalized spacial score (nSPS) is 15.7. The zero-order valence-electron chi connectivity index (χ0n) is 5.00. The van der Waals surface area contributed by atoms with Crippen LogP contribution in [0.3, 0.4) is 0 Å². The predicted molar refractivity (Wildman–Crippen MR) is 38.7 cm³/mol. The van der Waals surface area contributed by atoms with E-state index in [4.69, 9.17) is 0 Å². The molecule has 0 fully saturated rings. The van der Waals surface area contributed by atoms with Gasteiger partial charge in [0.05, 0.1) is 5.92 Å². The van der Waals surface area contributed by atoms with Gasteiger partial charge in [-0.3, -0.25) is 0 Å². The first kappa shape index (κ1) is 9.52. The van der Waals surface area contributed by atoms with Crippen molar-refractivity contribution in [2.45, 2.75) is 19.5 Å². The molecule has 0 rings (SSSR count). The molecular weight excluding hydrogens is 244 g/mol. The van der Waals surface area contributed by atoms with Crippen molar-refractivity contribution in [3.63, 3.8) is 0 Å². The lowest BCUT2D eigenvalue weighted by molar-refractivity contribution is -0.169. The van der Waals surface area contributed by atoms with E-state index in [9.17, 15) is 13.2 Å². The van der Waals surface area contributed by atoms with Crippen molar-refractivity contribution in [3.8, 4) is 0 Å². The van der Waals surface area contributed by atoms with Crippen LogP contribution >= 0.6 is 22.6 Å². The summed E-state index contributed by atoms with van der Waals surface area (Å²) >= 11 is 1.94. The molecule has 0 unspecified atom stereocenters. The molecule has 0 aliphatic heterocycles. The van der Waals surface area contributed by atoms with Crippen LogP contribution in [0.25, 0.3) is 0 Å². The van der Waals surface area contributed by atoms with Crippen LogP contribution in [-0.4, -0.2) is 10.6 Å². The van der Waals surface area contributed by atoms with E-state index in [-0.39, 0.29) is 6.42 Å². The minimum absolute atomic E-state index is 0.226. The van der Waals surface area contributed by atoms with Crippen LogP contribution in [0.1, 0.15) is 13.3 Å². The van der Waals surface area contributed by atoms with Crippen LogP contribution < -0.4 is 0 Å². The molecule has 9 heavy (non-hydrogen) atoms. The average molecular weight is 252 g/mol. The molecule has 0 N–H and O–H groups in total. The Morgan fingerprint density at radius 3 is 2.00 bits per heavy atom. The highest BCUT2D eigenvalue weighted by Crippen LogP contribution is 2.28. The fourth-order valence-electron chi connectivity index (χ4n) is 0.327. The Hall–Kier alpha value is 0.520. The van der Waals surface area contributed by atoms with Crippen LogP contribution in [0.5, 0.6) is 0 Å². The molecule has 0 heterocycles. The van der Waals surface area contributed by atoms with Gasteiger partial charge in [-0.15, -0.1) is 0 Å². The van der Waals surface area contributed by atoms with Gasteiger partial charge in [0.15, 0.2) is 0 Å². The first-order chi connectivity index (χ1) is 3.98. The number of hydrogen-bond acceptors (Lipinski definition) is 0. The third-order valence-electron chi connectivity index (χ3n) is 1.10. The second kappa shape index (κ2) is 3.63. The molecule has 0 saturated heterocycles. The molecule has 4 heteroatoms. The van der Waals surface area contributed by atoms with E-state index >= 15 is 0 Å². The Morgan fingerprint density at radius 2 is 1.89 bits per heavy atom. The van der Waals surface area contributed by atoms with Crippen LogP contribution in [0, 0.1) is 5.92 Å². The molecule has 0 aliphatic rings. The quantitative estimate of drug-likeness (QED) is 0.523. The molecule has 0 aromatic rings. The number of rotatable bonds is 2. The molecule has 0 saturated carbocycles. The summed E-state index contributed by atoms with van der Waals surface area (Å²) in [6.45, 7) is 1.21. The standard InChI is InChI=1S/C5H8F3I/c1-4(2-3-9)5(6,7)8/h4H,2-3H2,1H3/t4-/m1/s1. The second-order valence-corrected chi connectivity index (χ2v) is 3.00. The Labute approximate surface area is 66.0 Å². The van der Waals surface area contributed by atoms with Gasteiger partial charge in [0.2, 0.25) is 0 Å². The molecule has 0 spiro atoms. The average Bonchev–Trinajstić information content (AvgIpc) is 1.64. The van der Waals surface area contributed by atoms with Crippen LogP contribution in [-0.2, 0) is 0 Å². The Morgan fingerprint density at radius 1 is 1.44 bits per heavy atom. The fraction of sp³-hybridized carbons (Fsp3) is 1.00. The minimum Gasteiger partial charge on any atom is -0.171 e. The summed E-state index contributed by atoms with van der Waals surface area (Å²) in [5.74, 6) is -1.14. The van der Waals surface area contributed by atoms with Gasteiger partial charge >= 0.3 is 6.18 Å².